The number of imidazole rings is 1. The zero-order chi connectivity index (χ0) is 29.4. The predicted octanol–water partition coefficient (Wildman–Crippen LogP) is 5.75. The van der Waals surface area contributed by atoms with Crippen LogP contribution in [-0.4, -0.2) is 38.2 Å². The Hall–Kier alpha value is -5.31. The molecule has 6 rings (SSSR count). The summed E-state index contributed by atoms with van der Waals surface area (Å²) in [5, 5.41) is 11.7. The summed E-state index contributed by atoms with van der Waals surface area (Å²) < 4.78 is 19.0. The van der Waals surface area contributed by atoms with Crippen LogP contribution in [0.5, 0.6) is 11.5 Å². The highest BCUT2D eigenvalue weighted by Gasteiger charge is 2.47. The van der Waals surface area contributed by atoms with E-state index in [9.17, 15) is 14.7 Å². The number of pyridine rings is 1. The van der Waals surface area contributed by atoms with Gasteiger partial charge in [0.2, 0.25) is 0 Å². The molecule has 1 aliphatic heterocycles. The zero-order valence-electron chi connectivity index (χ0n) is 23.4. The Bertz CT molecular complexity index is 1820. The number of aliphatic hydroxyl groups is 1. The first-order valence-electron chi connectivity index (χ1n) is 13.5. The second-order valence-electron chi connectivity index (χ2n) is 10.1. The summed E-state index contributed by atoms with van der Waals surface area (Å²) in [7, 11) is 1.52. The van der Waals surface area contributed by atoms with Crippen molar-refractivity contribution in [1.82, 2.24) is 14.3 Å². The van der Waals surface area contributed by atoms with Gasteiger partial charge in [-0.3, -0.25) is 9.59 Å². The van der Waals surface area contributed by atoms with Gasteiger partial charge in [0.1, 0.15) is 23.7 Å². The monoisotopic (exact) mass is 563 g/mol. The number of ketones is 1. The van der Waals surface area contributed by atoms with Gasteiger partial charge in [0, 0.05) is 6.20 Å². The van der Waals surface area contributed by atoms with Gasteiger partial charge in [-0.2, -0.15) is 0 Å². The molecule has 42 heavy (non-hydrogen) atoms. The van der Waals surface area contributed by atoms with E-state index in [2.05, 4.69) is 4.98 Å². The van der Waals surface area contributed by atoms with Crippen molar-refractivity contribution in [1.29, 1.82) is 0 Å². The average molecular weight is 564 g/mol. The number of nitrogens with zero attached hydrogens (tertiary/aromatic N) is 3. The molecule has 0 aliphatic carbocycles. The molecule has 1 saturated heterocycles. The highest BCUT2D eigenvalue weighted by molar-refractivity contribution is 6.46. The molecule has 5 aromatic rings. The lowest BCUT2D eigenvalue weighted by molar-refractivity contribution is -0.140. The number of hydrogen-bond donors (Lipinski definition) is 1. The third-order valence-corrected chi connectivity index (χ3v) is 7.50. The number of benzene rings is 2. The van der Waals surface area contributed by atoms with Gasteiger partial charge in [-0.05, 0) is 60.9 Å². The third kappa shape index (κ3) is 4.68. The van der Waals surface area contributed by atoms with Crippen molar-refractivity contribution in [2.24, 2.45) is 0 Å². The van der Waals surface area contributed by atoms with Crippen molar-refractivity contribution in [2.45, 2.75) is 33.0 Å². The second kappa shape index (κ2) is 10.9. The number of carbonyl (C=O) groups excluding carboxylic acids is 2. The standard InChI is InChI=1S/C33H29N3O6/c1-20-9-7-15-35-21(2)28(34-32(20)35)30(37)27-29(36(33(39)31(27)38)18-24-12-8-16-41-24)23-13-14-25(26(17-23)40-3)42-19-22-10-5-4-6-11-22/h4-17,29,37H,18-19H2,1-3H3. The van der Waals surface area contributed by atoms with Crippen LogP contribution in [0.2, 0.25) is 0 Å². The maximum atomic E-state index is 13.6. The largest absolute Gasteiger partial charge is 0.505 e. The second-order valence-corrected chi connectivity index (χ2v) is 10.1. The summed E-state index contributed by atoms with van der Waals surface area (Å²) in [4.78, 5) is 33.1. The van der Waals surface area contributed by atoms with Crippen molar-refractivity contribution >= 4 is 23.1 Å². The molecule has 3 aromatic heterocycles. The molecule has 1 fully saturated rings. The van der Waals surface area contributed by atoms with Gasteiger partial charge in [0.05, 0.1) is 37.2 Å². The average Bonchev–Trinajstić information content (AvgIpc) is 3.71. The number of rotatable bonds is 8. The quantitative estimate of drug-likeness (QED) is 0.145. The first-order valence-corrected chi connectivity index (χ1v) is 13.5. The van der Waals surface area contributed by atoms with Gasteiger partial charge in [0.15, 0.2) is 17.3 Å². The number of likely N-dealkylation sites (tertiary alicyclic amines) is 1. The highest BCUT2D eigenvalue weighted by atomic mass is 16.5. The van der Waals surface area contributed by atoms with Gasteiger partial charge in [-0.15, -0.1) is 0 Å². The predicted molar refractivity (Wildman–Crippen MR) is 155 cm³/mol. The molecule has 1 N–H and O–H groups in total. The molecule has 9 heteroatoms. The lowest BCUT2D eigenvalue weighted by atomic mass is 9.96. The molecule has 1 amide bonds. The van der Waals surface area contributed by atoms with Gasteiger partial charge < -0.3 is 28.3 Å². The maximum absolute atomic E-state index is 13.6. The Morgan fingerprint density at radius 2 is 1.81 bits per heavy atom. The van der Waals surface area contributed by atoms with E-state index >= 15 is 0 Å². The number of carbonyl (C=O) groups is 2. The topological polar surface area (TPSA) is 107 Å². The number of aryl methyl sites for hydroxylation is 2. The van der Waals surface area contributed by atoms with Crippen LogP contribution in [0, 0.1) is 13.8 Å². The Labute approximate surface area is 242 Å². The number of fused-ring (bicyclic) bond motifs is 1. The Balaban J connectivity index is 1.46. The number of aromatic nitrogens is 2. The summed E-state index contributed by atoms with van der Waals surface area (Å²) >= 11 is 0. The smallest absolute Gasteiger partial charge is 0.296 e. The number of ether oxygens (including phenoxy) is 2. The number of amides is 1. The molecule has 2 aromatic carbocycles. The molecule has 4 heterocycles. The Morgan fingerprint density at radius 3 is 2.52 bits per heavy atom. The number of furan rings is 1. The number of Topliss-reactive ketones (excluding diaryl/α,β-unsaturated/α-hetero) is 1. The summed E-state index contributed by atoms with van der Waals surface area (Å²) in [6.07, 6.45) is 3.35. The van der Waals surface area contributed by atoms with Gasteiger partial charge >= 0.3 is 0 Å². The van der Waals surface area contributed by atoms with Crippen molar-refractivity contribution < 1.29 is 28.6 Å². The Morgan fingerprint density at radius 1 is 1.00 bits per heavy atom. The fourth-order valence-corrected chi connectivity index (χ4v) is 5.34. The van der Waals surface area contributed by atoms with Gasteiger partial charge in [-0.25, -0.2) is 4.98 Å². The molecule has 1 aliphatic rings. The Kier molecular flexibility index (Phi) is 7.00. The van der Waals surface area contributed by atoms with Crippen LogP contribution in [0.1, 0.15) is 39.9 Å². The first kappa shape index (κ1) is 26.9. The fraction of sp³-hybridized carbons (Fsp3) is 0.182. The number of aliphatic hydroxyl groups excluding tert-OH is 1. The molecule has 9 nitrogen and oxygen atoms in total. The molecular weight excluding hydrogens is 534 g/mol. The summed E-state index contributed by atoms with van der Waals surface area (Å²) in [6.45, 7) is 4.09. The molecule has 0 spiro atoms. The summed E-state index contributed by atoms with van der Waals surface area (Å²) in [5.74, 6) is -0.480. The van der Waals surface area contributed by atoms with Crippen LogP contribution < -0.4 is 9.47 Å². The molecule has 1 unspecified atom stereocenters. The van der Waals surface area contributed by atoms with Crippen LogP contribution in [0.25, 0.3) is 11.4 Å². The lowest BCUT2D eigenvalue weighted by Gasteiger charge is -2.25. The van der Waals surface area contributed by atoms with E-state index < -0.39 is 17.7 Å². The zero-order valence-corrected chi connectivity index (χ0v) is 23.4. The van der Waals surface area contributed by atoms with Crippen LogP contribution in [0.3, 0.4) is 0 Å². The first-order chi connectivity index (χ1) is 20.4. The van der Waals surface area contributed by atoms with Crippen molar-refractivity contribution in [2.75, 3.05) is 7.11 Å². The van der Waals surface area contributed by atoms with E-state index in [1.807, 2.05) is 66.9 Å². The molecule has 0 radical (unpaired) electrons. The van der Waals surface area contributed by atoms with E-state index in [1.54, 1.807) is 30.3 Å². The van der Waals surface area contributed by atoms with Crippen LogP contribution in [0.4, 0.5) is 0 Å². The maximum Gasteiger partial charge on any atom is 0.296 e. The molecular formula is C33H29N3O6. The van der Waals surface area contributed by atoms with E-state index in [-0.39, 0.29) is 23.6 Å². The van der Waals surface area contributed by atoms with Gasteiger partial charge in [0.25, 0.3) is 11.7 Å². The molecule has 0 bridgehead atoms. The normalized spacial score (nSPS) is 16.4. The van der Waals surface area contributed by atoms with Gasteiger partial charge in [-0.1, -0.05) is 42.5 Å². The minimum Gasteiger partial charge on any atom is -0.505 e. The summed E-state index contributed by atoms with van der Waals surface area (Å²) in [6, 6.07) is 21.3. The minimum atomic E-state index is -0.933. The third-order valence-electron chi connectivity index (χ3n) is 7.50. The number of methoxy groups -OCH3 is 1. The minimum absolute atomic E-state index is 0.0247. The van der Waals surface area contributed by atoms with E-state index in [0.717, 1.165) is 11.1 Å². The van der Waals surface area contributed by atoms with Crippen LogP contribution in [0.15, 0.2) is 95.2 Å². The van der Waals surface area contributed by atoms with Crippen molar-refractivity contribution in [3.63, 3.8) is 0 Å². The lowest BCUT2D eigenvalue weighted by Crippen LogP contribution is -2.29. The number of hydrogen-bond acceptors (Lipinski definition) is 7. The molecule has 0 saturated carbocycles. The fourth-order valence-electron chi connectivity index (χ4n) is 5.34. The SMILES string of the molecule is COc1cc(C2C(=C(O)c3nc4c(C)cccn4c3C)C(=O)C(=O)N2Cc2ccco2)ccc1OCc1ccccc1. The van der Waals surface area contributed by atoms with E-state index in [4.69, 9.17) is 13.9 Å². The van der Waals surface area contributed by atoms with Crippen molar-refractivity contribution in [3.8, 4) is 11.5 Å². The van der Waals surface area contributed by atoms with E-state index in [1.165, 1.54) is 18.3 Å². The van der Waals surface area contributed by atoms with Crippen LogP contribution >= 0.6 is 0 Å². The highest BCUT2D eigenvalue weighted by Crippen LogP contribution is 2.43. The van der Waals surface area contributed by atoms with E-state index in [0.29, 0.717) is 40.8 Å². The molecule has 212 valence electrons. The van der Waals surface area contributed by atoms with Crippen LogP contribution in [-0.2, 0) is 22.7 Å². The molecule has 1 atom stereocenters. The van der Waals surface area contributed by atoms with Crippen molar-refractivity contribution in [3.05, 3.63) is 125 Å². The summed E-state index contributed by atoms with van der Waals surface area (Å²) in [5.41, 5.74) is 3.93.